The van der Waals surface area contributed by atoms with E-state index in [-0.39, 0.29) is 0 Å². The molecule has 0 N–H and O–H groups in total. The lowest BCUT2D eigenvalue weighted by Gasteiger charge is -2.30. The summed E-state index contributed by atoms with van der Waals surface area (Å²) in [5, 5.41) is 8.42. The minimum absolute atomic E-state index is 0.372. The third-order valence-corrected chi connectivity index (χ3v) is 4.53. The number of aromatic nitrogens is 4. The molecule has 0 amide bonds. The lowest BCUT2D eigenvalue weighted by Crippen LogP contribution is -2.34. The molecule has 2 aliphatic rings. The molecule has 1 aliphatic heterocycles. The molecule has 1 saturated carbocycles. The van der Waals surface area contributed by atoms with E-state index in [1.54, 1.807) is 12.4 Å². The Morgan fingerprint density at radius 2 is 1.52 bits per heavy atom. The highest BCUT2D eigenvalue weighted by Gasteiger charge is 2.32. The van der Waals surface area contributed by atoms with Gasteiger partial charge in [0.15, 0.2) is 0 Å². The average molecular weight is 350 g/mol. The lowest BCUT2D eigenvalue weighted by molar-refractivity contribution is 0.374. The van der Waals surface area contributed by atoms with Crippen molar-refractivity contribution in [2.45, 2.75) is 37.5 Å². The van der Waals surface area contributed by atoms with E-state index in [2.05, 4.69) is 41.0 Å². The van der Waals surface area contributed by atoms with Crippen LogP contribution in [0.4, 0.5) is 5.95 Å². The van der Waals surface area contributed by atoms with E-state index in [1.807, 2.05) is 0 Å². The molecule has 0 unspecified atom stereocenters. The molecule has 110 valence electrons. The molecular weight excluding hydrogens is 334 g/mol. The maximum Gasteiger partial charge on any atom is 0.225 e. The Labute approximate surface area is 131 Å². The molecule has 3 heterocycles. The molecule has 1 saturated heterocycles. The standard InChI is InChI=1S/C14H16BrN5O/c15-11-7-16-14(17-8-11)20-5-3-10(4-6-20)13-19-18-12(21-13)9-1-2-9/h7-10H,1-6H2. The molecule has 0 atom stereocenters. The van der Waals surface area contributed by atoms with Crippen molar-refractivity contribution in [3.05, 3.63) is 28.6 Å². The second kappa shape index (κ2) is 5.36. The van der Waals surface area contributed by atoms with Crippen molar-refractivity contribution in [1.29, 1.82) is 0 Å². The van der Waals surface area contributed by atoms with Gasteiger partial charge in [0, 0.05) is 37.3 Å². The Bertz CT molecular complexity index is 617. The van der Waals surface area contributed by atoms with Gasteiger partial charge in [-0.05, 0) is 41.6 Å². The monoisotopic (exact) mass is 349 g/mol. The van der Waals surface area contributed by atoms with E-state index in [0.29, 0.717) is 11.8 Å². The first-order valence-corrected chi connectivity index (χ1v) is 8.14. The summed E-state index contributed by atoms with van der Waals surface area (Å²) in [5.74, 6) is 3.34. The minimum Gasteiger partial charge on any atom is -0.425 e. The molecule has 0 radical (unpaired) electrons. The van der Waals surface area contributed by atoms with E-state index >= 15 is 0 Å². The molecule has 4 rings (SSSR count). The van der Waals surface area contributed by atoms with Gasteiger partial charge in [-0.2, -0.15) is 0 Å². The van der Waals surface area contributed by atoms with Crippen molar-refractivity contribution in [1.82, 2.24) is 20.2 Å². The molecular formula is C14H16BrN5O. The van der Waals surface area contributed by atoms with Crippen LogP contribution in [0.3, 0.4) is 0 Å². The predicted octanol–water partition coefficient (Wildman–Crippen LogP) is 2.88. The molecule has 7 heteroatoms. The lowest BCUT2D eigenvalue weighted by atomic mass is 9.97. The summed E-state index contributed by atoms with van der Waals surface area (Å²) in [6.07, 6.45) is 7.97. The fourth-order valence-corrected chi connectivity index (χ4v) is 2.91. The van der Waals surface area contributed by atoms with E-state index in [1.165, 1.54) is 12.8 Å². The molecule has 2 aromatic heterocycles. The fraction of sp³-hybridized carbons (Fsp3) is 0.571. The Balaban J connectivity index is 1.40. The summed E-state index contributed by atoms with van der Waals surface area (Å²) in [6.45, 7) is 1.85. The van der Waals surface area contributed by atoms with Gasteiger partial charge in [-0.25, -0.2) is 9.97 Å². The normalized spacial score (nSPS) is 20.0. The first-order valence-electron chi connectivity index (χ1n) is 7.35. The van der Waals surface area contributed by atoms with Gasteiger partial charge in [0.1, 0.15) is 0 Å². The maximum atomic E-state index is 5.83. The summed E-state index contributed by atoms with van der Waals surface area (Å²) < 4.78 is 6.73. The van der Waals surface area contributed by atoms with E-state index < -0.39 is 0 Å². The summed E-state index contributed by atoms with van der Waals surface area (Å²) in [6, 6.07) is 0. The Morgan fingerprint density at radius 3 is 2.10 bits per heavy atom. The quantitative estimate of drug-likeness (QED) is 0.848. The molecule has 2 aromatic rings. The van der Waals surface area contributed by atoms with E-state index in [0.717, 1.165) is 48.1 Å². The van der Waals surface area contributed by atoms with Gasteiger partial charge in [0.25, 0.3) is 0 Å². The zero-order valence-electron chi connectivity index (χ0n) is 11.6. The maximum absolute atomic E-state index is 5.83. The van der Waals surface area contributed by atoms with Crippen LogP contribution >= 0.6 is 15.9 Å². The summed E-state index contributed by atoms with van der Waals surface area (Å²) in [7, 11) is 0. The van der Waals surface area contributed by atoms with E-state index in [9.17, 15) is 0 Å². The average Bonchev–Trinajstić information content (AvgIpc) is 3.26. The third-order valence-electron chi connectivity index (χ3n) is 4.12. The van der Waals surface area contributed by atoms with Crippen molar-refractivity contribution < 1.29 is 4.42 Å². The fourth-order valence-electron chi connectivity index (χ4n) is 2.70. The molecule has 0 aromatic carbocycles. The first kappa shape index (κ1) is 13.2. The topological polar surface area (TPSA) is 67.9 Å². The van der Waals surface area contributed by atoms with Crippen LogP contribution in [-0.4, -0.2) is 33.3 Å². The SMILES string of the molecule is Brc1cnc(N2CCC(c3nnc(C4CC4)o3)CC2)nc1. The summed E-state index contributed by atoms with van der Waals surface area (Å²) in [4.78, 5) is 10.9. The van der Waals surface area contributed by atoms with Crippen LogP contribution in [0.15, 0.2) is 21.3 Å². The van der Waals surface area contributed by atoms with Gasteiger partial charge >= 0.3 is 0 Å². The summed E-state index contributed by atoms with van der Waals surface area (Å²) >= 11 is 3.36. The van der Waals surface area contributed by atoms with Crippen molar-refractivity contribution in [3.63, 3.8) is 0 Å². The third kappa shape index (κ3) is 2.79. The molecule has 0 spiro atoms. The van der Waals surface area contributed by atoms with Crippen molar-refractivity contribution in [3.8, 4) is 0 Å². The molecule has 6 nitrogen and oxygen atoms in total. The van der Waals surface area contributed by atoms with Gasteiger partial charge in [-0.1, -0.05) is 0 Å². The largest absolute Gasteiger partial charge is 0.425 e. The van der Waals surface area contributed by atoms with Crippen LogP contribution in [0.1, 0.15) is 49.3 Å². The van der Waals surface area contributed by atoms with Crippen molar-refractivity contribution in [2.75, 3.05) is 18.0 Å². The van der Waals surface area contributed by atoms with Gasteiger partial charge in [-0.15, -0.1) is 10.2 Å². The van der Waals surface area contributed by atoms with Gasteiger partial charge in [-0.3, -0.25) is 0 Å². The highest BCUT2D eigenvalue weighted by molar-refractivity contribution is 9.10. The van der Waals surface area contributed by atoms with Gasteiger partial charge in [0.2, 0.25) is 17.7 Å². The zero-order valence-corrected chi connectivity index (χ0v) is 13.2. The van der Waals surface area contributed by atoms with Crippen LogP contribution in [0, 0.1) is 0 Å². The number of nitrogens with zero attached hydrogens (tertiary/aromatic N) is 5. The van der Waals surface area contributed by atoms with Gasteiger partial charge in [0.05, 0.1) is 4.47 Å². The van der Waals surface area contributed by atoms with Crippen LogP contribution in [-0.2, 0) is 0 Å². The number of halogens is 1. The minimum atomic E-state index is 0.372. The molecule has 21 heavy (non-hydrogen) atoms. The number of anilines is 1. The molecule has 1 aliphatic carbocycles. The Hall–Kier alpha value is -1.50. The van der Waals surface area contributed by atoms with Crippen molar-refractivity contribution >= 4 is 21.9 Å². The predicted molar refractivity (Wildman–Crippen MR) is 80.2 cm³/mol. The molecule has 0 bridgehead atoms. The Morgan fingerprint density at radius 1 is 0.952 bits per heavy atom. The number of rotatable bonds is 3. The van der Waals surface area contributed by atoms with Crippen LogP contribution in [0.25, 0.3) is 0 Å². The summed E-state index contributed by atoms with van der Waals surface area (Å²) in [5.41, 5.74) is 0. The molecule has 2 fully saturated rings. The highest BCUT2D eigenvalue weighted by atomic mass is 79.9. The van der Waals surface area contributed by atoms with Crippen LogP contribution < -0.4 is 4.90 Å². The van der Waals surface area contributed by atoms with E-state index in [4.69, 9.17) is 4.42 Å². The van der Waals surface area contributed by atoms with Gasteiger partial charge < -0.3 is 9.32 Å². The Kier molecular flexibility index (Phi) is 3.37. The smallest absolute Gasteiger partial charge is 0.225 e. The van der Waals surface area contributed by atoms with Crippen LogP contribution in [0.2, 0.25) is 0 Å². The highest BCUT2D eigenvalue weighted by Crippen LogP contribution is 2.40. The first-order chi connectivity index (χ1) is 10.3. The van der Waals surface area contributed by atoms with Crippen LogP contribution in [0.5, 0.6) is 0 Å². The van der Waals surface area contributed by atoms with Crippen molar-refractivity contribution in [2.24, 2.45) is 0 Å². The number of hydrogen-bond donors (Lipinski definition) is 0. The second-order valence-corrected chi connectivity index (χ2v) is 6.63. The number of hydrogen-bond acceptors (Lipinski definition) is 6. The zero-order chi connectivity index (χ0) is 14.2. The second-order valence-electron chi connectivity index (χ2n) is 5.72. The number of piperidine rings is 1.